The molecule has 0 unspecified atom stereocenters. The van der Waals surface area contributed by atoms with E-state index in [1.165, 1.54) is 13.1 Å². The van der Waals surface area contributed by atoms with Gasteiger partial charge in [0.05, 0.1) is 12.5 Å². The zero-order chi connectivity index (χ0) is 17.7. The molecular weight excluding hydrogens is 314 g/mol. The number of rotatable bonds is 8. The second-order valence-electron chi connectivity index (χ2n) is 7.17. The van der Waals surface area contributed by atoms with Gasteiger partial charge in [-0.1, -0.05) is 25.1 Å². The molecule has 25 heavy (non-hydrogen) atoms. The minimum atomic E-state index is -0.362. The largest absolute Gasteiger partial charge is 0.496 e. The molecule has 1 saturated heterocycles. The van der Waals surface area contributed by atoms with Crippen LogP contribution in [0.25, 0.3) is 0 Å². The van der Waals surface area contributed by atoms with Crippen LogP contribution in [0.5, 0.6) is 5.75 Å². The molecule has 1 heterocycles. The predicted molar refractivity (Wildman–Crippen MR) is 100 cm³/mol. The SMILES string of the molecule is CCN1CCN(CCCNC(=O)C2(c3ccccc3OC)CC2)CC1. The summed E-state index contributed by atoms with van der Waals surface area (Å²) in [5.74, 6) is 0.983. The summed E-state index contributed by atoms with van der Waals surface area (Å²) in [6.07, 6.45) is 2.84. The second-order valence-corrected chi connectivity index (χ2v) is 7.17. The van der Waals surface area contributed by atoms with Crippen LogP contribution in [0.3, 0.4) is 0 Å². The van der Waals surface area contributed by atoms with Crippen LogP contribution in [-0.4, -0.2) is 68.6 Å². The van der Waals surface area contributed by atoms with Crippen molar-refractivity contribution < 1.29 is 9.53 Å². The summed E-state index contributed by atoms with van der Waals surface area (Å²) in [6, 6.07) is 7.91. The maximum Gasteiger partial charge on any atom is 0.230 e. The normalized spacial score (nSPS) is 20.2. The second kappa shape index (κ2) is 8.19. The van der Waals surface area contributed by atoms with Crippen LogP contribution in [0.2, 0.25) is 0 Å². The van der Waals surface area contributed by atoms with Gasteiger partial charge < -0.3 is 19.9 Å². The van der Waals surface area contributed by atoms with Crippen molar-refractivity contribution in [2.24, 2.45) is 0 Å². The van der Waals surface area contributed by atoms with Crippen molar-refractivity contribution in [3.63, 3.8) is 0 Å². The van der Waals surface area contributed by atoms with Gasteiger partial charge >= 0.3 is 0 Å². The number of carbonyl (C=O) groups is 1. The first kappa shape index (κ1) is 18.2. The van der Waals surface area contributed by atoms with Crippen molar-refractivity contribution in [3.8, 4) is 5.75 Å². The minimum Gasteiger partial charge on any atom is -0.496 e. The molecule has 5 heteroatoms. The monoisotopic (exact) mass is 345 g/mol. The zero-order valence-electron chi connectivity index (χ0n) is 15.6. The number of ether oxygens (including phenoxy) is 1. The Morgan fingerprint density at radius 2 is 1.84 bits per heavy atom. The smallest absolute Gasteiger partial charge is 0.230 e. The van der Waals surface area contributed by atoms with Crippen LogP contribution in [0.4, 0.5) is 0 Å². The van der Waals surface area contributed by atoms with Crippen LogP contribution in [0, 0.1) is 0 Å². The number of piperazine rings is 1. The number of likely N-dealkylation sites (N-methyl/N-ethyl adjacent to an activating group) is 1. The van der Waals surface area contributed by atoms with E-state index in [9.17, 15) is 4.79 Å². The molecule has 3 rings (SSSR count). The average molecular weight is 345 g/mol. The van der Waals surface area contributed by atoms with E-state index in [1.807, 2.05) is 24.3 Å². The van der Waals surface area contributed by atoms with Crippen LogP contribution in [0.1, 0.15) is 31.7 Å². The van der Waals surface area contributed by atoms with Gasteiger partial charge in [0, 0.05) is 38.3 Å². The van der Waals surface area contributed by atoms with Crippen LogP contribution in [0.15, 0.2) is 24.3 Å². The molecule has 0 bridgehead atoms. The maximum atomic E-state index is 12.7. The number of para-hydroxylation sites is 1. The summed E-state index contributed by atoms with van der Waals surface area (Å²) in [7, 11) is 1.67. The number of carbonyl (C=O) groups excluding carboxylic acids is 1. The molecule has 0 radical (unpaired) electrons. The summed E-state index contributed by atoms with van der Waals surface area (Å²) < 4.78 is 5.45. The fourth-order valence-electron chi connectivity index (χ4n) is 3.79. The number of hydrogen-bond donors (Lipinski definition) is 1. The predicted octanol–water partition coefficient (Wildman–Crippen LogP) is 1.87. The fourth-order valence-corrected chi connectivity index (χ4v) is 3.79. The lowest BCUT2D eigenvalue weighted by atomic mass is 9.94. The molecule has 2 aliphatic rings. The first-order valence-corrected chi connectivity index (χ1v) is 9.56. The summed E-state index contributed by atoms with van der Waals surface area (Å²) in [4.78, 5) is 17.7. The highest BCUT2D eigenvalue weighted by Gasteiger charge is 2.52. The van der Waals surface area contributed by atoms with Crippen molar-refractivity contribution in [3.05, 3.63) is 29.8 Å². The third-order valence-electron chi connectivity index (χ3n) is 5.66. The van der Waals surface area contributed by atoms with Gasteiger partial charge in [-0.3, -0.25) is 4.79 Å². The summed E-state index contributed by atoms with van der Waals surface area (Å²) in [6.45, 7) is 9.82. The molecule has 1 aliphatic carbocycles. The zero-order valence-corrected chi connectivity index (χ0v) is 15.6. The van der Waals surface area contributed by atoms with Crippen LogP contribution < -0.4 is 10.1 Å². The summed E-state index contributed by atoms with van der Waals surface area (Å²) in [5, 5.41) is 3.16. The lowest BCUT2D eigenvalue weighted by molar-refractivity contribution is -0.123. The van der Waals surface area contributed by atoms with E-state index < -0.39 is 0 Å². The Morgan fingerprint density at radius 1 is 1.16 bits per heavy atom. The number of hydrogen-bond acceptors (Lipinski definition) is 4. The highest BCUT2D eigenvalue weighted by Crippen LogP contribution is 2.51. The van der Waals surface area contributed by atoms with Gasteiger partial charge in [0.25, 0.3) is 0 Å². The third kappa shape index (κ3) is 4.15. The van der Waals surface area contributed by atoms with Crippen molar-refractivity contribution in [2.45, 2.75) is 31.6 Å². The van der Waals surface area contributed by atoms with Gasteiger partial charge in [0.15, 0.2) is 0 Å². The lowest BCUT2D eigenvalue weighted by Crippen LogP contribution is -2.46. The van der Waals surface area contributed by atoms with Crippen molar-refractivity contribution in [2.75, 3.05) is 52.9 Å². The van der Waals surface area contributed by atoms with Crippen molar-refractivity contribution >= 4 is 5.91 Å². The van der Waals surface area contributed by atoms with Crippen LogP contribution >= 0.6 is 0 Å². The van der Waals surface area contributed by atoms with Gasteiger partial charge in [-0.05, 0) is 38.4 Å². The molecule has 5 nitrogen and oxygen atoms in total. The lowest BCUT2D eigenvalue weighted by Gasteiger charge is -2.34. The minimum absolute atomic E-state index is 0.160. The number of benzene rings is 1. The standard InChI is InChI=1S/C20H31N3O2/c1-3-22-13-15-23(16-14-22)12-6-11-21-19(24)20(9-10-20)17-7-4-5-8-18(17)25-2/h4-5,7-8H,3,6,9-16H2,1-2H3,(H,21,24). The van der Waals surface area contributed by atoms with Crippen LogP contribution in [-0.2, 0) is 10.2 Å². The molecule has 2 fully saturated rings. The molecular formula is C20H31N3O2. The number of nitrogens with zero attached hydrogens (tertiary/aromatic N) is 2. The average Bonchev–Trinajstić information content (AvgIpc) is 3.47. The first-order valence-electron chi connectivity index (χ1n) is 9.56. The number of amides is 1. The Balaban J connectivity index is 1.44. The van der Waals surface area contributed by atoms with E-state index >= 15 is 0 Å². The molecule has 1 N–H and O–H groups in total. The van der Waals surface area contributed by atoms with Gasteiger partial charge in [-0.2, -0.15) is 0 Å². The molecule has 0 atom stereocenters. The Hall–Kier alpha value is -1.59. The Morgan fingerprint density at radius 3 is 2.48 bits per heavy atom. The molecule has 1 aromatic rings. The van der Waals surface area contributed by atoms with E-state index in [4.69, 9.17) is 4.74 Å². The first-order chi connectivity index (χ1) is 12.2. The summed E-state index contributed by atoms with van der Waals surface area (Å²) >= 11 is 0. The highest BCUT2D eigenvalue weighted by atomic mass is 16.5. The van der Waals surface area contributed by atoms with Gasteiger partial charge in [0.1, 0.15) is 5.75 Å². The van der Waals surface area contributed by atoms with E-state index in [2.05, 4.69) is 22.0 Å². The summed E-state index contributed by atoms with van der Waals surface area (Å²) in [5.41, 5.74) is 0.671. The van der Waals surface area contributed by atoms with E-state index in [1.54, 1.807) is 7.11 Å². The molecule has 1 aliphatic heterocycles. The molecule has 138 valence electrons. The Kier molecular flexibility index (Phi) is 5.97. The molecule has 0 aromatic heterocycles. The molecule has 1 amide bonds. The topological polar surface area (TPSA) is 44.8 Å². The molecule has 0 spiro atoms. The number of nitrogens with one attached hydrogen (secondary N) is 1. The third-order valence-corrected chi connectivity index (χ3v) is 5.66. The van der Waals surface area contributed by atoms with Crippen molar-refractivity contribution in [1.82, 2.24) is 15.1 Å². The maximum absolute atomic E-state index is 12.7. The number of methoxy groups -OCH3 is 1. The highest BCUT2D eigenvalue weighted by molar-refractivity contribution is 5.92. The molecule has 1 aromatic carbocycles. The Labute approximate surface area is 151 Å². The van der Waals surface area contributed by atoms with Gasteiger partial charge in [-0.15, -0.1) is 0 Å². The van der Waals surface area contributed by atoms with E-state index in [0.717, 1.165) is 63.3 Å². The van der Waals surface area contributed by atoms with Gasteiger partial charge in [-0.25, -0.2) is 0 Å². The van der Waals surface area contributed by atoms with Crippen molar-refractivity contribution in [1.29, 1.82) is 0 Å². The van der Waals surface area contributed by atoms with Gasteiger partial charge in [0.2, 0.25) is 5.91 Å². The Bertz CT molecular complexity index is 578. The van der Waals surface area contributed by atoms with E-state index in [0.29, 0.717) is 0 Å². The fraction of sp³-hybridized carbons (Fsp3) is 0.650. The molecule has 1 saturated carbocycles. The van der Waals surface area contributed by atoms with E-state index in [-0.39, 0.29) is 11.3 Å². The quantitative estimate of drug-likeness (QED) is 0.731.